The number of likely N-dealkylation sites (tertiary alicyclic amines) is 1. The Bertz CT molecular complexity index is 556. The van der Waals surface area contributed by atoms with Gasteiger partial charge in [-0.3, -0.25) is 9.69 Å². The van der Waals surface area contributed by atoms with Crippen LogP contribution in [0.25, 0.3) is 0 Å². The highest BCUT2D eigenvalue weighted by Crippen LogP contribution is 2.16. The van der Waals surface area contributed by atoms with E-state index in [1.54, 1.807) is 6.07 Å². The van der Waals surface area contributed by atoms with Crippen LogP contribution in [0.15, 0.2) is 18.2 Å². The number of hydrogen-bond donors (Lipinski definition) is 2. The van der Waals surface area contributed by atoms with Crippen molar-refractivity contribution in [3.63, 3.8) is 0 Å². The van der Waals surface area contributed by atoms with Crippen LogP contribution in [-0.4, -0.2) is 36.5 Å². The van der Waals surface area contributed by atoms with E-state index in [9.17, 15) is 13.6 Å². The van der Waals surface area contributed by atoms with Crippen LogP contribution in [0.1, 0.15) is 50.5 Å². The summed E-state index contributed by atoms with van der Waals surface area (Å²) in [6.45, 7) is 3.02. The third kappa shape index (κ3) is 9.70. The van der Waals surface area contributed by atoms with Crippen molar-refractivity contribution in [2.75, 3.05) is 19.6 Å². The largest absolute Gasteiger partial charge is 0.353 e. The highest BCUT2D eigenvalue weighted by molar-refractivity contribution is 5.85. The molecule has 0 spiro atoms. The van der Waals surface area contributed by atoms with Crippen LogP contribution < -0.4 is 11.1 Å². The molecule has 1 heterocycles. The number of nitrogens with two attached hydrogens (primary N) is 1. The van der Waals surface area contributed by atoms with Gasteiger partial charge in [-0.1, -0.05) is 18.9 Å². The molecule has 3 N–H and O–H groups in total. The predicted octanol–water partition coefficient (Wildman–Crippen LogP) is 3.80. The van der Waals surface area contributed by atoms with E-state index < -0.39 is 11.6 Å². The van der Waals surface area contributed by atoms with E-state index in [-0.39, 0.29) is 36.8 Å². The predicted molar refractivity (Wildman–Crippen MR) is 109 cm³/mol. The van der Waals surface area contributed by atoms with E-state index in [4.69, 9.17) is 5.73 Å². The maximum Gasteiger partial charge on any atom is 0.220 e. The van der Waals surface area contributed by atoms with Gasteiger partial charge in [-0.15, -0.1) is 24.8 Å². The molecule has 2 rings (SSSR count). The van der Waals surface area contributed by atoms with Crippen LogP contribution in [-0.2, 0) is 11.3 Å². The van der Waals surface area contributed by atoms with Crippen LogP contribution in [0, 0.1) is 11.6 Å². The van der Waals surface area contributed by atoms with Gasteiger partial charge in [0, 0.05) is 32.1 Å². The van der Waals surface area contributed by atoms with Gasteiger partial charge >= 0.3 is 0 Å². The summed E-state index contributed by atoms with van der Waals surface area (Å²) in [7, 11) is 0. The molecule has 0 saturated carbocycles. The number of rotatable bonds is 9. The zero-order chi connectivity index (χ0) is 18.1. The van der Waals surface area contributed by atoms with Crippen molar-refractivity contribution < 1.29 is 13.6 Å². The summed E-state index contributed by atoms with van der Waals surface area (Å²) in [5.41, 5.74) is 6.23. The molecule has 1 aromatic rings. The first-order valence-electron chi connectivity index (χ1n) is 9.24. The Morgan fingerprint density at radius 3 is 2.37 bits per heavy atom. The number of benzene rings is 1. The van der Waals surface area contributed by atoms with Crippen LogP contribution in [0.4, 0.5) is 8.78 Å². The van der Waals surface area contributed by atoms with Gasteiger partial charge in [0.25, 0.3) is 0 Å². The highest BCUT2D eigenvalue weighted by atomic mass is 35.5. The number of nitrogens with one attached hydrogen (secondary N) is 1. The Hall–Kier alpha value is -0.950. The summed E-state index contributed by atoms with van der Waals surface area (Å²) in [6.07, 6.45) is 6.45. The minimum Gasteiger partial charge on any atom is -0.353 e. The van der Waals surface area contributed by atoms with Crippen LogP contribution in [0.3, 0.4) is 0 Å². The van der Waals surface area contributed by atoms with Gasteiger partial charge < -0.3 is 11.1 Å². The second-order valence-corrected chi connectivity index (χ2v) is 6.82. The van der Waals surface area contributed by atoms with Crippen molar-refractivity contribution in [3.8, 4) is 0 Å². The molecule has 4 nitrogen and oxygen atoms in total. The quantitative estimate of drug-likeness (QED) is 0.591. The van der Waals surface area contributed by atoms with E-state index in [2.05, 4.69) is 10.2 Å². The number of hydrogen-bond acceptors (Lipinski definition) is 3. The van der Waals surface area contributed by atoms with Crippen LogP contribution in [0.5, 0.6) is 0 Å². The molecule has 0 unspecified atom stereocenters. The molecule has 1 aromatic carbocycles. The molecule has 0 aliphatic carbocycles. The van der Waals surface area contributed by atoms with Crippen molar-refractivity contribution in [2.45, 2.75) is 57.5 Å². The third-order valence-electron chi connectivity index (χ3n) is 4.70. The molecule has 1 aliphatic heterocycles. The molecule has 0 atom stereocenters. The highest BCUT2D eigenvalue weighted by Gasteiger charge is 2.20. The lowest BCUT2D eigenvalue weighted by Gasteiger charge is -2.32. The summed E-state index contributed by atoms with van der Waals surface area (Å²) in [5, 5.41) is 3.11. The Labute approximate surface area is 173 Å². The third-order valence-corrected chi connectivity index (χ3v) is 4.70. The molecule has 1 saturated heterocycles. The van der Waals surface area contributed by atoms with Gasteiger partial charge in [0.15, 0.2) is 11.6 Å². The Kier molecular flexibility index (Phi) is 13.6. The zero-order valence-electron chi connectivity index (χ0n) is 15.6. The molecule has 156 valence electrons. The molecule has 1 fully saturated rings. The average Bonchev–Trinajstić information content (AvgIpc) is 2.60. The summed E-state index contributed by atoms with van der Waals surface area (Å²) < 4.78 is 26.2. The van der Waals surface area contributed by atoms with Gasteiger partial charge in [0.2, 0.25) is 5.91 Å². The van der Waals surface area contributed by atoms with Crippen molar-refractivity contribution >= 4 is 30.7 Å². The van der Waals surface area contributed by atoms with E-state index in [1.165, 1.54) is 12.1 Å². The summed E-state index contributed by atoms with van der Waals surface area (Å²) in [5.74, 6) is -1.48. The minimum atomic E-state index is -0.812. The number of piperidine rings is 1. The maximum absolute atomic E-state index is 13.3. The van der Waals surface area contributed by atoms with E-state index >= 15 is 0 Å². The standard InChI is InChI=1S/C19H29F2N3O.2ClH/c20-17-7-6-15(13-18(17)21)14-24-11-8-16(9-12-24)23-19(25)5-3-1-2-4-10-22;;/h6-7,13,16H,1-5,8-12,14,22H2,(H,23,25);2*1H. The number of halogens is 4. The molecule has 0 radical (unpaired) electrons. The van der Waals surface area contributed by atoms with Gasteiger partial charge in [0.1, 0.15) is 0 Å². The minimum absolute atomic E-state index is 0. The smallest absolute Gasteiger partial charge is 0.220 e. The molecule has 1 aliphatic rings. The Balaban J connectivity index is 0.00000338. The first kappa shape index (κ1) is 26.1. The Morgan fingerprint density at radius 1 is 1.07 bits per heavy atom. The van der Waals surface area contributed by atoms with E-state index in [1.807, 2.05) is 0 Å². The van der Waals surface area contributed by atoms with Crippen molar-refractivity contribution in [3.05, 3.63) is 35.4 Å². The SMILES string of the molecule is Cl.Cl.NCCCCCCC(=O)NC1CCN(Cc2ccc(F)c(F)c2)CC1. The summed E-state index contributed by atoms with van der Waals surface area (Å²) in [4.78, 5) is 14.2. The van der Waals surface area contributed by atoms with Gasteiger partial charge in [0.05, 0.1) is 0 Å². The monoisotopic (exact) mass is 425 g/mol. The average molecular weight is 426 g/mol. The fraction of sp³-hybridized carbons (Fsp3) is 0.632. The Morgan fingerprint density at radius 2 is 1.74 bits per heavy atom. The number of carbonyl (C=O) groups excluding carboxylic acids is 1. The van der Waals surface area contributed by atoms with Crippen molar-refractivity contribution in [1.29, 1.82) is 0 Å². The first-order chi connectivity index (χ1) is 12.1. The maximum atomic E-state index is 13.3. The summed E-state index contributed by atoms with van der Waals surface area (Å²) >= 11 is 0. The number of nitrogens with zero attached hydrogens (tertiary/aromatic N) is 1. The summed E-state index contributed by atoms with van der Waals surface area (Å²) in [6, 6.07) is 4.27. The van der Waals surface area contributed by atoms with Gasteiger partial charge in [-0.2, -0.15) is 0 Å². The van der Waals surface area contributed by atoms with Gasteiger partial charge in [-0.25, -0.2) is 8.78 Å². The van der Waals surface area contributed by atoms with Crippen molar-refractivity contribution in [2.24, 2.45) is 5.73 Å². The van der Waals surface area contributed by atoms with E-state index in [0.717, 1.165) is 63.7 Å². The molecule has 8 heteroatoms. The molecular weight excluding hydrogens is 395 g/mol. The molecule has 0 bridgehead atoms. The van der Waals surface area contributed by atoms with Crippen LogP contribution in [0.2, 0.25) is 0 Å². The fourth-order valence-corrected chi connectivity index (χ4v) is 3.21. The lowest BCUT2D eigenvalue weighted by molar-refractivity contribution is -0.122. The number of unbranched alkanes of at least 4 members (excludes halogenated alkanes) is 3. The topological polar surface area (TPSA) is 58.4 Å². The molecule has 1 amide bonds. The first-order valence-corrected chi connectivity index (χ1v) is 9.24. The van der Waals surface area contributed by atoms with Crippen molar-refractivity contribution in [1.82, 2.24) is 10.2 Å². The lowest BCUT2D eigenvalue weighted by atomic mass is 10.0. The zero-order valence-corrected chi connectivity index (χ0v) is 17.2. The normalized spacial score (nSPS) is 14.9. The molecule has 0 aromatic heterocycles. The lowest BCUT2D eigenvalue weighted by Crippen LogP contribution is -2.44. The number of carbonyl (C=O) groups is 1. The van der Waals surface area contributed by atoms with Crippen LogP contribution >= 0.6 is 24.8 Å². The molecular formula is C19H31Cl2F2N3O. The molecule has 27 heavy (non-hydrogen) atoms. The van der Waals surface area contributed by atoms with E-state index in [0.29, 0.717) is 13.0 Å². The second-order valence-electron chi connectivity index (χ2n) is 6.82. The fourth-order valence-electron chi connectivity index (χ4n) is 3.21. The number of amides is 1. The van der Waals surface area contributed by atoms with Gasteiger partial charge in [-0.05, 0) is 49.9 Å². The second kappa shape index (κ2) is 14.1.